The van der Waals surface area contributed by atoms with E-state index in [0.717, 1.165) is 5.56 Å². The highest BCUT2D eigenvalue weighted by Gasteiger charge is 2.46. The van der Waals surface area contributed by atoms with Crippen molar-refractivity contribution in [1.82, 2.24) is 5.32 Å². The number of ether oxygens (including phenoxy) is 6. The highest BCUT2D eigenvalue weighted by atomic mass is 17.0. The molecule has 62 heavy (non-hydrogen) atoms. The van der Waals surface area contributed by atoms with Gasteiger partial charge in [0.25, 0.3) is 15.3 Å². The number of carbonyl (C=O) groups is 4. The molecule has 0 radical (unpaired) electrons. The molecule has 23 heteroatoms. The van der Waals surface area contributed by atoms with Crippen molar-refractivity contribution in [1.29, 1.82) is 0 Å². The first-order valence-corrected chi connectivity index (χ1v) is 20.3. The average molecular weight is 885 g/mol. The second-order valence-electron chi connectivity index (χ2n) is 13.7. The van der Waals surface area contributed by atoms with Gasteiger partial charge in [-0.1, -0.05) is 48.6 Å². The topological polar surface area (TPSA) is 293 Å². The molecule has 1 aliphatic carbocycles. The molecule has 0 spiro atoms. The van der Waals surface area contributed by atoms with E-state index >= 15 is 0 Å². The average Bonchev–Trinajstić information content (AvgIpc) is 3.54. The minimum Gasteiger partial charge on any atom is -0.434 e. The maximum absolute atomic E-state index is 13.0. The Balaban J connectivity index is 2.33. The predicted octanol–water partition coefficient (Wildman–Crippen LogP) is 6.21. The first-order valence-electron chi connectivity index (χ1n) is 20.3. The number of benzene rings is 1. The second kappa shape index (κ2) is 31.5. The normalized spacial score (nSPS) is 17.4. The second-order valence-corrected chi connectivity index (χ2v) is 13.7. The van der Waals surface area contributed by atoms with E-state index in [4.69, 9.17) is 28.4 Å². The van der Waals surface area contributed by atoms with Gasteiger partial charge in [0.15, 0.2) is 0 Å². The van der Waals surface area contributed by atoms with E-state index in [2.05, 4.69) is 19.8 Å². The SMILES string of the molecule is CNC(=O)CCC/C=C\C[C@@H]1[C@@H](/C=C/[C@H](CCc2ccccc2)OC(=O)OCCCCO[N+](=O)[O-])[C@H](OC(=O)OCCCCO[N+](=O)[O-])C[C@@H]1OC(=O)OCCCCO[N+](=O)[O-]. The van der Waals surface area contributed by atoms with Crippen LogP contribution in [0.25, 0.3) is 0 Å². The van der Waals surface area contributed by atoms with Crippen LogP contribution in [0.2, 0.25) is 0 Å². The molecule has 1 aromatic carbocycles. The Kier molecular flexibility index (Phi) is 26.2. The maximum Gasteiger partial charge on any atom is 0.508 e. The summed E-state index contributed by atoms with van der Waals surface area (Å²) in [7, 11) is 1.55. The van der Waals surface area contributed by atoms with E-state index in [0.29, 0.717) is 38.5 Å². The van der Waals surface area contributed by atoms with Crippen LogP contribution in [-0.2, 0) is 54.1 Å². The molecule has 2 rings (SSSR count). The third-order valence-corrected chi connectivity index (χ3v) is 9.21. The summed E-state index contributed by atoms with van der Waals surface area (Å²) in [5.41, 5.74) is 0.958. The van der Waals surface area contributed by atoms with E-state index in [1.807, 2.05) is 42.5 Å². The van der Waals surface area contributed by atoms with Gasteiger partial charge in [0.05, 0.1) is 39.6 Å². The van der Waals surface area contributed by atoms with Crippen LogP contribution in [0.4, 0.5) is 14.4 Å². The summed E-state index contributed by atoms with van der Waals surface area (Å²) < 4.78 is 32.9. The number of nitrogens with zero attached hydrogens (tertiary/aromatic N) is 3. The van der Waals surface area contributed by atoms with Crippen molar-refractivity contribution in [2.75, 3.05) is 46.7 Å². The molecule has 0 aromatic heterocycles. The van der Waals surface area contributed by atoms with Gasteiger partial charge in [0.2, 0.25) is 5.91 Å². The molecule has 1 saturated carbocycles. The monoisotopic (exact) mass is 884 g/mol. The third kappa shape index (κ3) is 24.6. The Morgan fingerprint density at radius 3 is 1.76 bits per heavy atom. The molecule has 346 valence electrons. The number of amides is 1. The Morgan fingerprint density at radius 1 is 0.710 bits per heavy atom. The largest absolute Gasteiger partial charge is 0.508 e. The smallest absolute Gasteiger partial charge is 0.434 e. The lowest BCUT2D eigenvalue weighted by Gasteiger charge is -2.24. The van der Waals surface area contributed by atoms with Crippen molar-refractivity contribution < 1.29 is 77.4 Å². The van der Waals surface area contributed by atoms with Crippen LogP contribution in [0.3, 0.4) is 0 Å². The number of carbonyl (C=O) groups excluding carboxylic acids is 4. The van der Waals surface area contributed by atoms with Crippen molar-refractivity contribution in [3.63, 3.8) is 0 Å². The molecule has 0 bridgehead atoms. The summed E-state index contributed by atoms with van der Waals surface area (Å²) in [5.74, 6) is -1.31. The van der Waals surface area contributed by atoms with Crippen molar-refractivity contribution in [3.8, 4) is 0 Å². The molecule has 0 heterocycles. The maximum atomic E-state index is 13.0. The standard InChI is InChI=1S/C39H56N4O19/c1-40-36(44)18-8-3-2-7-17-32-33(22-21-31(20-19-30-15-5-4-6-16-30)60-37(45)54-23-9-12-26-57-41(48)49)35(62-39(47)56-25-11-14-28-59-43(52)53)29-34(32)61-38(46)55-24-10-13-27-58-42(50)51/h2,4-7,15-16,21-22,31-35H,3,8-14,17-20,23-29H2,1H3,(H,40,44)/b7-2-,22-21+/t31-,32+,33+,34-,35+/m0/s1. The predicted molar refractivity (Wildman–Crippen MR) is 212 cm³/mol. The number of rotatable bonds is 32. The highest BCUT2D eigenvalue weighted by Crippen LogP contribution is 2.40. The molecular weight excluding hydrogens is 828 g/mol. The van der Waals surface area contributed by atoms with E-state index in [1.54, 1.807) is 19.2 Å². The van der Waals surface area contributed by atoms with Crippen LogP contribution in [0.5, 0.6) is 0 Å². The van der Waals surface area contributed by atoms with Crippen molar-refractivity contribution in [2.45, 2.75) is 102 Å². The Hall–Kier alpha value is -6.42. The van der Waals surface area contributed by atoms with Gasteiger partial charge in [-0.05, 0) is 82.3 Å². The van der Waals surface area contributed by atoms with E-state index in [-0.39, 0.29) is 90.5 Å². The van der Waals surface area contributed by atoms with Gasteiger partial charge in [-0.15, -0.1) is 30.3 Å². The molecule has 0 saturated heterocycles. The molecule has 1 N–H and O–H groups in total. The summed E-state index contributed by atoms with van der Waals surface area (Å²) in [4.78, 5) is 94.5. The van der Waals surface area contributed by atoms with Crippen molar-refractivity contribution in [2.24, 2.45) is 11.8 Å². The summed E-state index contributed by atoms with van der Waals surface area (Å²) in [6.07, 6.45) is 5.36. The lowest BCUT2D eigenvalue weighted by Crippen LogP contribution is -2.27. The van der Waals surface area contributed by atoms with Crippen LogP contribution in [0.1, 0.15) is 82.6 Å². The molecular formula is C39H56N4O19. The summed E-state index contributed by atoms with van der Waals surface area (Å²) >= 11 is 0. The van der Waals surface area contributed by atoms with Crippen LogP contribution < -0.4 is 5.32 Å². The molecule has 1 aliphatic rings. The Bertz CT molecular complexity index is 1580. The van der Waals surface area contributed by atoms with Crippen molar-refractivity contribution in [3.05, 3.63) is 90.5 Å². The van der Waals surface area contributed by atoms with Crippen LogP contribution >= 0.6 is 0 Å². The number of hydrogen-bond acceptors (Lipinski definition) is 19. The van der Waals surface area contributed by atoms with Crippen molar-refractivity contribution >= 4 is 24.4 Å². The van der Waals surface area contributed by atoms with Gasteiger partial charge in [-0.3, -0.25) is 4.79 Å². The van der Waals surface area contributed by atoms with Gasteiger partial charge >= 0.3 is 18.5 Å². The number of nitrogens with one attached hydrogen (secondary N) is 1. The fraction of sp³-hybridized carbons (Fsp3) is 0.641. The van der Waals surface area contributed by atoms with Crippen LogP contribution in [0.15, 0.2) is 54.6 Å². The van der Waals surface area contributed by atoms with E-state index < -0.39 is 63.9 Å². The zero-order valence-corrected chi connectivity index (χ0v) is 34.6. The minimum absolute atomic E-state index is 0.000519. The highest BCUT2D eigenvalue weighted by molar-refractivity contribution is 5.75. The van der Waals surface area contributed by atoms with Gasteiger partial charge in [-0.2, -0.15) is 0 Å². The molecule has 23 nitrogen and oxygen atoms in total. The number of unbranched alkanes of at least 4 members (excludes halogenated alkanes) is 4. The quantitative estimate of drug-likeness (QED) is 0.0210. The zero-order chi connectivity index (χ0) is 45.4. The molecule has 0 unspecified atom stereocenters. The van der Waals surface area contributed by atoms with E-state index in [9.17, 15) is 49.5 Å². The number of allylic oxidation sites excluding steroid dienone is 2. The first kappa shape index (κ1) is 51.7. The lowest BCUT2D eigenvalue weighted by atomic mass is 9.89. The minimum atomic E-state index is -1.05. The molecule has 0 aliphatic heterocycles. The van der Waals surface area contributed by atoms with Gasteiger partial charge < -0.3 is 48.3 Å². The van der Waals surface area contributed by atoms with E-state index in [1.165, 1.54) is 0 Å². The summed E-state index contributed by atoms with van der Waals surface area (Å²) in [6.45, 7) is -0.873. The Morgan fingerprint density at radius 2 is 1.23 bits per heavy atom. The number of aryl methyl sites for hydroxylation is 1. The van der Waals surface area contributed by atoms with Crippen LogP contribution in [-0.4, -0.2) is 105 Å². The molecule has 1 amide bonds. The molecule has 1 aromatic rings. The molecule has 1 fully saturated rings. The zero-order valence-electron chi connectivity index (χ0n) is 34.6. The van der Waals surface area contributed by atoms with Gasteiger partial charge in [0, 0.05) is 31.7 Å². The third-order valence-electron chi connectivity index (χ3n) is 9.21. The van der Waals surface area contributed by atoms with Gasteiger partial charge in [0.1, 0.15) is 18.3 Å². The fourth-order valence-electron chi connectivity index (χ4n) is 6.17. The first-order chi connectivity index (χ1) is 29.9. The lowest BCUT2D eigenvalue weighted by molar-refractivity contribution is -0.757. The molecule has 5 atom stereocenters. The number of hydrogen-bond donors (Lipinski definition) is 1. The van der Waals surface area contributed by atoms with Crippen LogP contribution in [0, 0.1) is 42.2 Å². The summed E-state index contributed by atoms with van der Waals surface area (Å²) in [6, 6.07) is 9.41. The Labute approximate surface area is 357 Å². The fourth-order valence-corrected chi connectivity index (χ4v) is 6.17. The summed E-state index contributed by atoms with van der Waals surface area (Å²) in [5, 5.41) is 31.0. The van der Waals surface area contributed by atoms with Gasteiger partial charge in [-0.25, -0.2) is 14.4 Å².